The normalized spacial score (nSPS) is 11.5. The van der Waals surface area contributed by atoms with Crippen LogP contribution in [-0.2, 0) is 4.79 Å². The molecule has 100 valence electrons. The number of anilines is 1. The van der Waals surface area contributed by atoms with Crippen LogP contribution in [-0.4, -0.2) is 27.5 Å². The highest BCUT2D eigenvalue weighted by Gasteiger charge is 2.26. The van der Waals surface area contributed by atoms with Crippen LogP contribution in [0, 0.1) is 0 Å². The quantitative estimate of drug-likeness (QED) is 0.762. The number of nitrogens with zero attached hydrogens (tertiary/aromatic N) is 1. The number of amides is 1. The van der Waals surface area contributed by atoms with E-state index in [9.17, 15) is 9.59 Å². The van der Waals surface area contributed by atoms with E-state index in [1.54, 1.807) is 13.8 Å². The number of carbonyl (C=O) groups excluding carboxylic acids is 1. The van der Waals surface area contributed by atoms with Crippen LogP contribution >= 0.6 is 0 Å². The molecular weight excluding hydrogens is 250 g/mol. The summed E-state index contributed by atoms with van der Waals surface area (Å²) in [5, 5.41) is 11.6. The van der Waals surface area contributed by atoms with Gasteiger partial charge < -0.3 is 20.6 Å². The van der Waals surface area contributed by atoms with Crippen molar-refractivity contribution in [2.24, 2.45) is 5.73 Å². The van der Waals surface area contributed by atoms with Crippen molar-refractivity contribution in [1.82, 2.24) is 4.98 Å². The Morgan fingerprint density at radius 1 is 1.42 bits per heavy atom. The molecule has 1 aromatic heterocycles. The number of benzene rings is 1. The lowest BCUT2D eigenvalue weighted by atomic mass is 10.1. The number of hydrogen-bond donors (Lipinski definition) is 3. The van der Waals surface area contributed by atoms with Gasteiger partial charge >= 0.3 is 5.97 Å². The Balaban J connectivity index is 2.37. The first-order chi connectivity index (χ1) is 8.79. The van der Waals surface area contributed by atoms with Crippen LogP contribution in [0.3, 0.4) is 0 Å². The molecule has 19 heavy (non-hydrogen) atoms. The van der Waals surface area contributed by atoms with Crippen molar-refractivity contribution in [1.29, 1.82) is 0 Å². The molecule has 0 saturated carbocycles. The van der Waals surface area contributed by atoms with Crippen molar-refractivity contribution >= 4 is 29.0 Å². The second kappa shape index (κ2) is 4.27. The number of primary amides is 1. The van der Waals surface area contributed by atoms with E-state index in [2.05, 4.69) is 10.3 Å². The van der Waals surface area contributed by atoms with E-state index < -0.39 is 17.4 Å². The zero-order valence-corrected chi connectivity index (χ0v) is 10.4. The lowest BCUT2D eigenvalue weighted by Crippen LogP contribution is -2.45. The summed E-state index contributed by atoms with van der Waals surface area (Å²) in [7, 11) is 0. The third-order valence-corrected chi connectivity index (χ3v) is 2.67. The van der Waals surface area contributed by atoms with Gasteiger partial charge in [0.15, 0.2) is 5.58 Å². The lowest BCUT2D eigenvalue weighted by Gasteiger charge is -2.20. The maximum atomic E-state index is 11.2. The van der Waals surface area contributed by atoms with Gasteiger partial charge in [-0.2, -0.15) is 4.98 Å². The molecule has 1 heterocycles. The molecule has 0 aliphatic rings. The zero-order valence-electron chi connectivity index (χ0n) is 10.4. The van der Waals surface area contributed by atoms with Crippen molar-refractivity contribution in [3.63, 3.8) is 0 Å². The molecule has 0 radical (unpaired) electrons. The van der Waals surface area contributed by atoms with E-state index in [0.717, 1.165) is 0 Å². The van der Waals surface area contributed by atoms with Gasteiger partial charge in [0.1, 0.15) is 11.1 Å². The fourth-order valence-electron chi connectivity index (χ4n) is 1.44. The molecule has 7 nitrogen and oxygen atoms in total. The van der Waals surface area contributed by atoms with Crippen molar-refractivity contribution in [3.8, 4) is 0 Å². The Labute approximate surface area is 108 Å². The minimum absolute atomic E-state index is 0.101. The predicted octanol–water partition coefficient (Wildman–Crippen LogP) is 1.20. The van der Waals surface area contributed by atoms with Crippen LogP contribution in [0.15, 0.2) is 22.6 Å². The van der Waals surface area contributed by atoms with Crippen LogP contribution in [0.2, 0.25) is 0 Å². The molecule has 4 N–H and O–H groups in total. The third-order valence-electron chi connectivity index (χ3n) is 2.67. The first-order valence-electron chi connectivity index (χ1n) is 5.51. The summed E-state index contributed by atoms with van der Waals surface area (Å²) >= 11 is 0. The minimum atomic E-state index is -1.05. The summed E-state index contributed by atoms with van der Waals surface area (Å²) in [5.74, 6) is -1.61. The van der Waals surface area contributed by atoms with E-state index >= 15 is 0 Å². The number of nitrogens with two attached hydrogens (primary N) is 1. The monoisotopic (exact) mass is 263 g/mol. The SMILES string of the molecule is CC(C)(Nc1nc2ccc(C(=O)O)cc2o1)C(N)=O. The first kappa shape index (κ1) is 12.9. The molecule has 0 saturated heterocycles. The van der Waals surface area contributed by atoms with Crippen LogP contribution < -0.4 is 11.1 Å². The Morgan fingerprint density at radius 2 is 2.11 bits per heavy atom. The maximum Gasteiger partial charge on any atom is 0.335 e. The van der Waals surface area contributed by atoms with Crippen LogP contribution in [0.25, 0.3) is 11.1 Å². The Hall–Kier alpha value is -2.57. The molecule has 7 heteroatoms. The Morgan fingerprint density at radius 3 is 2.68 bits per heavy atom. The van der Waals surface area contributed by atoms with Gasteiger partial charge in [-0.3, -0.25) is 4.79 Å². The number of carboxylic acids is 1. The molecule has 0 atom stereocenters. The van der Waals surface area contributed by atoms with Gasteiger partial charge in [-0.05, 0) is 32.0 Å². The highest BCUT2D eigenvalue weighted by molar-refractivity contribution is 5.92. The summed E-state index contributed by atoms with van der Waals surface area (Å²) in [6.45, 7) is 3.18. The van der Waals surface area contributed by atoms with Gasteiger partial charge in [0.2, 0.25) is 5.91 Å². The second-order valence-corrected chi connectivity index (χ2v) is 4.62. The number of hydrogen-bond acceptors (Lipinski definition) is 5. The maximum absolute atomic E-state index is 11.2. The molecule has 0 aliphatic heterocycles. The zero-order chi connectivity index (χ0) is 14.2. The topological polar surface area (TPSA) is 118 Å². The van der Waals surface area contributed by atoms with Crippen LogP contribution in [0.5, 0.6) is 0 Å². The number of fused-ring (bicyclic) bond motifs is 1. The van der Waals surface area contributed by atoms with Gasteiger partial charge in [-0.1, -0.05) is 0 Å². The molecule has 0 fully saturated rings. The molecule has 0 aliphatic carbocycles. The number of carboxylic acid groups (broad SMARTS) is 1. The van der Waals surface area contributed by atoms with Gasteiger partial charge in [-0.15, -0.1) is 0 Å². The molecule has 0 unspecified atom stereocenters. The first-order valence-corrected chi connectivity index (χ1v) is 5.51. The van der Waals surface area contributed by atoms with Crippen LogP contribution in [0.4, 0.5) is 6.01 Å². The molecule has 2 aromatic rings. The number of aromatic carboxylic acids is 1. The molecule has 2 rings (SSSR count). The van der Waals surface area contributed by atoms with E-state index in [0.29, 0.717) is 11.1 Å². The highest BCUT2D eigenvalue weighted by Crippen LogP contribution is 2.22. The average Bonchev–Trinajstić information content (AvgIpc) is 2.68. The molecule has 1 aromatic carbocycles. The van der Waals surface area contributed by atoms with Gasteiger partial charge in [-0.25, -0.2) is 4.79 Å². The molecular formula is C12H13N3O4. The third kappa shape index (κ3) is 2.49. The van der Waals surface area contributed by atoms with E-state index in [1.165, 1.54) is 18.2 Å². The second-order valence-electron chi connectivity index (χ2n) is 4.62. The predicted molar refractivity (Wildman–Crippen MR) is 67.9 cm³/mol. The van der Waals surface area contributed by atoms with Crippen LogP contribution in [0.1, 0.15) is 24.2 Å². The molecule has 0 spiro atoms. The standard InChI is InChI=1S/C12H13N3O4/c1-12(2,10(13)18)15-11-14-7-4-3-6(9(16)17)5-8(7)19-11/h3-5H,1-2H3,(H2,13,18)(H,14,15)(H,16,17). The van der Waals surface area contributed by atoms with E-state index in [-0.39, 0.29) is 11.6 Å². The highest BCUT2D eigenvalue weighted by atomic mass is 16.4. The van der Waals surface area contributed by atoms with Gasteiger partial charge in [0.05, 0.1) is 5.56 Å². The van der Waals surface area contributed by atoms with Crippen molar-refractivity contribution in [2.75, 3.05) is 5.32 Å². The number of oxazole rings is 1. The largest absolute Gasteiger partial charge is 0.478 e. The molecule has 1 amide bonds. The lowest BCUT2D eigenvalue weighted by molar-refractivity contribution is -0.121. The fourth-order valence-corrected chi connectivity index (χ4v) is 1.44. The smallest absolute Gasteiger partial charge is 0.335 e. The van der Waals surface area contributed by atoms with Gasteiger partial charge in [0, 0.05) is 0 Å². The minimum Gasteiger partial charge on any atom is -0.478 e. The van der Waals surface area contributed by atoms with Gasteiger partial charge in [0.25, 0.3) is 6.01 Å². The number of aromatic nitrogens is 1. The Bertz CT molecular complexity index is 660. The molecule has 0 bridgehead atoms. The Kier molecular flexibility index (Phi) is 2.89. The van der Waals surface area contributed by atoms with Crippen molar-refractivity contribution in [3.05, 3.63) is 23.8 Å². The summed E-state index contributed by atoms with van der Waals surface area (Å²) in [5.41, 5.74) is 5.13. The van der Waals surface area contributed by atoms with E-state index in [1.807, 2.05) is 0 Å². The summed E-state index contributed by atoms with van der Waals surface area (Å²) in [6, 6.07) is 4.44. The van der Waals surface area contributed by atoms with Crippen molar-refractivity contribution in [2.45, 2.75) is 19.4 Å². The number of nitrogens with one attached hydrogen (secondary N) is 1. The summed E-state index contributed by atoms with van der Waals surface area (Å²) < 4.78 is 5.35. The fraction of sp³-hybridized carbons (Fsp3) is 0.250. The van der Waals surface area contributed by atoms with Crippen molar-refractivity contribution < 1.29 is 19.1 Å². The summed E-state index contributed by atoms with van der Waals surface area (Å²) in [4.78, 5) is 26.1. The summed E-state index contributed by atoms with van der Waals surface area (Å²) in [6.07, 6.45) is 0. The number of carbonyl (C=O) groups is 2. The average molecular weight is 263 g/mol. The van der Waals surface area contributed by atoms with E-state index in [4.69, 9.17) is 15.3 Å². The number of rotatable bonds is 4.